The third-order valence-corrected chi connectivity index (χ3v) is 10.5. The van der Waals surface area contributed by atoms with Crippen molar-refractivity contribution in [3.8, 4) is 0 Å². The van der Waals surface area contributed by atoms with E-state index in [1.807, 2.05) is 6.92 Å². The molecule has 0 radical (unpaired) electrons. The van der Waals surface area contributed by atoms with Gasteiger partial charge in [-0.2, -0.15) is 0 Å². The number of carbonyl (C=O) groups excluding carboxylic acids is 3. The van der Waals surface area contributed by atoms with Crippen molar-refractivity contribution in [1.82, 2.24) is 0 Å². The van der Waals surface area contributed by atoms with Gasteiger partial charge in [0.15, 0.2) is 11.6 Å². The van der Waals surface area contributed by atoms with E-state index >= 15 is 0 Å². The fourth-order valence-corrected chi connectivity index (χ4v) is 8.25. The molecule has 0 aromatic rings. The molecule has 2 saturated carbocycles. The van der Waals surface area contributed by atoms with E-state index in [9.17, 15) is 24.3 Å². The molecular formula is C29H40O5. The molecule has 1 N–H and O–H groups in total. The molecule has 5 heteroatoms. The summed E-state index contributed by atoms with van der Waals surface area (Å²) in [6.45, 7) is 14.2. The second-order valence-corrected chi connectivity index (χ2v) is 12.3. The molecule has 0 aromatic heterocycles. The molecule has 2 fully saturated rings. The second kappa shape index (κ2) is 8.57. The highest BCUT2D eigenvalue weighted by atomic mass is 16.4. The van der Waals surface area contributed by atoms with E-state index < -0.39 is 11.9 Å². The fourth-order valence-electron chi connectivity index (χ4n) is 8.25. The van der Waals surface area contributed by atoms with E-state index in [-0.39, 0.29) is 45.9 Å². The van der Waals surface area contributed by atoms with Gasteiger partial charge in [0.25, 0.3) is 0 Å². The minimum atomic E-state index is -0.843. The number of ketones is 3. The minimum Gasteiger partial charge on any atom is -0.481 e. The van der Waals surface area contributed by atoms with Crippen LogP contribution in [0.2, 0.25) is 0 Å². The van der Waals surface area contributed by atoms with Crippen LogP contribution >= 0.6 is 0 Å². The van der Waals surface area contributed by atoms with Gasteiger partial charge in [0.1, 0.15) is 5.78 Å². The summed E-state index contributed by atoms with van der Waals surface area (Å²) in [6.07, 6.45) is 5.43. The summed E-state index contributed by atoms with van der Waals surface area (Å²) in [6, 6.07) is 0. The smallest absolute Gasteiger partial charge is 0.310 e. The lowest BCUT2D eigenvalue weighted by atomic mass is 9.48. The number of Topliss-reactive ketones (excluding diaryl/α,β-unsaturated/α-hetero) is 3. The second-order valence-electron chi connectivity index (χ2n) is 12.3. The van der Waals surface area contributed by atoms with E-state index in [0.29, 0.717) is 43.9 Å². The summed E-state index contributed by atoms with van der Waals surface area (Å²) >= 11 is 0. The number of allylic oxidation sites excluding steroid dienone is 2. The molecule has 4 aliphatic carbocycles. The van der Waals surface area contributed by atoms with Crippen LogP contribution < -0.4 is 0 Å². The lowest BCUT2D eigenvalue weighted by molar-refractivity contribution is -0.140. The van der Waals surface area contributed by atoms with Crippen LogP contribution in [0, 0.1) is 46.3 Å². The molecule has 0 amide bonds. The zero-order valence-electron chi connectivity index (χ0n) is 21.4. The molecule has 3 unspecified atom stereocenters. The summed E-state index contributed by atoms with van der Waals surface area (Å²) in [4.78, 5) is 51.1. The van der Waals surface area contributed by atoms with Crippen LogP contribution in [0.1, 0.15) is 86.0 Å². The lowest BCUT2D eigenvalue weighted by Gasteiger charge is -2.53. The maximum absolute atomic E-state index is 13.8. The maximum Gasteiger partial charge on any atom is 0.310 e. The highest BCUT2D eigenvalue weighted by Gasteiger charge is 2.61. The van der Waals surface area contributed by atoms with Crippen LogP contribution in [0.3, 0.4) is 0 Å². The molecule has 0 spiro atoms. The Morgan fingerprint density at radius 2 is 1.82 bits per heavy atom. The van der Waals surface area contributed by atoms with Gasteiger partial charge in [0.05, 0.1) is 5.92 Å². The Morgan fingerprint density at radius 3 is 2.47 bits per heavy atom. The van der Waals surface area contributed by atoms with Crippen LogP contribution in [-0.4, -0.2) is 28.4 Å². The van der Waals surface area contributed by atoms with Crippen molar-refractivity contribution >= 4 is 23.3 Å². The largest absolute Gasteiger partial charge is 0.481 e. The van der Waals surface area contributed by atoms with Gasteiger partial charge in [0.2, 0.25) is 0 Å². The summed E-state index contributed by atoms with van der Waals surface area (Å²) in [5, 5.41) is 9.27. The molecule has 8 atom stereocenters. The topological polar surface area (TPSA) is 88.5 Å². The van der Waals surface area contributed by atoms with Gasteiger partial charge in [-0.25, -0.2) is 0 Å². The molecule has 4 aliphatic rings. The van der Waals surface area contributed by atoms with E-state index in [4.69, 9.17) is 0 Å². The Kier molecular flexibility index (Phi) is 6.31. The standard InChI is InChI=1S/C29H40O5/c1-15(17(3)27(33)34)7-8-16(2)19-9-10-20-25-23(31)13-21-18(4)22(30)11-12-28(21,5)26(25)24(32)14-29(19,20)6/h16-21H,1,7-14H2,2-6H3,(H,33,34)/t16-,17?,18?,19-,20+,21?,28+,29-/m1/s1. The highest BCUT2D eigenvalue weighted by Crippen LogP contribution is 2.64. The predicted molar refractivity (Wildman–Crippen MR) is 130 cm³/mol. The van der Waals surface area contributed by atoms with Crippen molar-refractivity contribution in [1.29, 1.82) is 0 Å². The molecule has 5 nitrogen and oxygen atoms in total. The number of carboxylic acid groups (broad SMARTS) is 1. The SMILES string of the molecule is C=C(CC[C@@H](C)[C@H]1CC[C@H]2C3=C(C(=O)C[C@]12C)[C@@]1(C)CCC(=O)C(C)C1CC3=O)C(C)C(=O)O. The molecule has 4 rings (SSSR count). The van der Waals surface area contributed by atoms with Gasteiger partial charge in [-0.15, -0.1) is 0 Å². The number of carboxylic acids is 1. The van der Waals surface area contributed by atoms with Crippen molar-refractivity contribution in [2.75, 3.05) is 0 Å². The van der Waals surface area contributed by atoms with Crippen molar-refractivity contribution in [3.63, 3.8) is 0 Å². The van der Waals surface area contributed by atoms with Gasteiger partial charge in [-0.1, -0.05) is 39.8 Å². The van der Waals surface area contributed by atoms with Gasteiger partial charge < -0.3 is 5.11 Å². The number of fused-ring (bicyclic) bond motifs is 4. The van der Waals surface area contributed by atoms with Gasteiger partial charge in [-0.05, 0) is 68.1 Å². The Morgan fingerprint density at radius 1 is 1.15 bits per heavy atom. The van der Waals surface area contributed by atoms with Crippen molar-refractivity contribution in [2.45, 2.75) is 86.0 Å². The van der Waals surface area contributed by atoms with Crippen molar-refractivity contribution in [3.05, 3.63) is 23.3 Å². The zero-order chi connectivity index (χ0) is 25.2. The first-order chi connectivity index (χ1) is 15.8. The third-order valence-electron chi connectivity index (χ3n) is 10.5. The zero-order valence-corrected chi connectivity index (χ0v) is 21.4. The molecule has 186 valence electrons. The Hall–Kier alpha value is -2.04. The van der Waals surface area contributed by atoms with Gasteiger partial charge in [-0.3, -0.25) is 19.2 Å². The van der Waals surface area contributed by atoms with Crippen LogP contribution in [-0.2, 0) is 19.2 Å². The number of hydrogen-bond acceptors (Lipinski definition) is 4. The molecule has 34 heavy (non-hydrogen) atoms. The molecule has 0 saturated heterocycles. The predicted octanol–water partition coefficient (Wildman–Crippen LogP) is 5.58. The normalized spacial score (nSPS) is 39.3. The first-order valence-electron chi connectivity index (χ1n) is 13.1. The highest BCUT2D eigenvalue weighted by molar-refractivity contribution is 6.11. The molecule has 0 aliphatic heterocycles. The first kappa shape index (κ1) is 25.1. The van der Waals surface area contributed by atoms with Crippen LogP contribution in [0.4, 0.5) is 0 Å². The fraction of sp³-hybridized carbons (Fsp3) is 0.724. The van der Waals surface area contributed by atoms with Gasteiger partial charge >= 0.3 is 5.97 Å². The maximum atomic E-state index is 13.8. The number of hydrogen-bond donors (Lipinski definition) is 1. The van der Waals surface area contributed by atoms with Crippen molar-refractivity contribution < 1.29 is 24.3 Å². The summed E-state index contributed by atoms with van der Waals surface area (Å²) in [5.74, 6) is -0.453. The number of rotatable bonds is 6. The van der Waals surface area contributed by atoms with E-state index in [1.54, 1.807) is 6.92 Å². The average molecular weight is 469 g/mol. The Balaban J connectivity index is 1.61. The van der Waals surface area contributed by atoms with Crippen LogP contribution in [0.25, 0.3) is 0 Å². The van der Waals surface area contributed by atoms with Gasteiger partial charge in [0, 0.05) is 41.7 Å². The van der Waals surface area contributed by atoms with Crippen LogP contribution in [0.5, 0.6) is 0 Å². The quantitative estimate of drug-likeness (QED) is 0.514. The molecule has 0 bridgehead atoms. The van der Waals surface area contributed by atoms with E-state index in [1.165, 1.54) is 0 Å². The van der Waals surface area contributed by atoms with E-state index in [0.717, 1.165) is 36.0 Å². The first-order valence-corrected chi connectivity index (χ1v) is 13.1. The summed E-state index contributed by atoms with van der Waals surface area (Å²) in [5.41, 5.74) is 1.70. The Bertz CT molecular complexity index is 988. The molecule has 0 aromatic carbocycles. The minimum absolute atomic E-state index is 0.0633. The summed E-state index contributed by atoms with van der Waals surface area (Å²) in [7, 11) is 0. The van der Waals surface area contributed by atoms with E-state index in [2.05, 4.69) is 27.4 Å². The lowest BCUT2D eigenvalue weighted by Crippen LogP contribution is -2.53. The number of carbonyl (C=O) groups is 4. The third kappa shape index (κ3) is 3.65. The van der Waals surface area contributed by atoms with Crippen molar-refractivity contribution in [2.24, 2.45) is 46.3 Å². The van der Waals surface area contributed by atoms with Crippen LogP contribution in [0.15, 0.2) is 23.3 Å². The monoisotopic (exact) mass is 468 g/mol. The summed E-state index contributed by atoms with van der Waals surface area (Å²) < 4.78 is 0. The Labute approximate surface area is 203 Å². The average Bonchev–Trinajstić information content (AvgIpc) is 3.11. The number of aliphatic carboxylic acids is 1. The molecular weight excluding hydrogens is 428 g/mol. The molecule has 0 heterocycles.